The van der Waals surface area contributed by atoms with Gasteiger partial charge in [-0.2, -0.15) is 0 Å². The summed E-state index contributed by atoms with van der Waals surface area (Å²) in [5.74, 6) is 0.236. The highest BCUT2D eigenvalue weighted by Crippen LogP contribution is 2.34. The van der Waals surface area contributed by atoms with Crippen LogP contribution in [0.4, 0.5) is 5.69 Å². The summed E-state index contributed by atoms with van der Waals surface area (Å²) < 4.78 is 10.5. The van der Waals surface area contributed by atoms with Crippen molar-refractivity contribution in [1.29, 1.82) is 0 Å². The van der Waals surface area contributed by atoms with Crippen molar-refractivity contribution in [2.45, 2.75) is 26.9 Å². The van der Waals surface area contributed by atoms with Crippen molar-refractivity contribution >= 4 is 40.6 Å². The topological polar surface area (TPSA) is 68.2 Å². The van der Waals surface area contributed by atoms with Crippen LogP contribution in [0.2, 0.25) is 0 Å². The van der Waals surface area contributed by atoms with Crippen LogP contribution in [0.25, 0.3) is 6.08 Å². The number of thioether (sulfide) groups is 1. The Morgan fingerprint density at radius 3 is 2.67 bits per heavy atom. The summed E-state index contributed by atoms with van der Waals surface area (Å²) >= 11 is 1.31. The van der Waals surface area contributed by atoms with E-state index >= 15 is 0 Å². The maximum Gasteiger partial charge on any atom is 0.337 e. The second-order valence-electron chi connectivity index (χ2n) is 6.84. The molecule has 0 aliphatic carbocycles. The number of amidine groups is 1. The number of carbonyl (C=O) groups excluding carboxylic acids is 2. The first kappa shape index (κ1) is 21.6. The maximum atomic E-state index is 12.9. The quantitative estimate of drug-likeness (QED) is 0.488. The zero-order valence-corrected chi connectivity index (χ0v) is 18.2. The van der Waals surface area contributed by atoms with Crippen LogP contribution in [0, 0.1) is 0 Å². The standard InChI is InChI=1S/C23H24N2O4S/c1-5-25-21(26)20(13-16-8-6-11-19(12-16)29-15(2)3)30-23(25)24-18-10-7-9-17(14-18)22(27)28-4/h6-15H,5H2,1-4H3. The fourth-order valence-electron chi connectivity index (χ4n) is 2.90. The Balaban J connectivity index is 1.89. The molecule has 3 rings (SSSR count). The van der Waals surface area contributed by atoms with Crippen molar-refractivity contribution < 1.29 is 19.1 Å². The highest BCUT2D eigenvalue weighted by molar-refractivity contribution is 8.18. The molecule has 1 fully saturated rings. The third kappa shape index (κ3) is 5.10. The van der Waals surface area contributed by atoms with Gasteiger partial charge in [-0.25, -0.2) is 9.79 Å². The largest absolute Gasteiger partial charge is 0.491 e. The lowest BCUT2D eigenvalue weighted by Crippen LogP contribution is -2.28. The fraction of sp³-hybridized carbons (Fsp3) is 0.261. The molecule has 6 nitrogen and oxygen atoms in total. The van der Waals surface area contributed by atoms with Crippen molar-refractivity contribution in [3.05, 3.63) is 64.6 Å². The highest BCUT2D eigenvalue weighted by Gasteiger charge is 2.32. The summed E-state index contributed by atoms with van der Waals surface area (Å²) in [7, 11) is 1.34. The van der Waals surface area contributed by atoms with E-state index in [1.165, 1.54) is 18.9 Å². The van der Waals surface area contributed by atoms with Crippen LogP contribution in [0.15, 0.2) is 58.4 Å². The molecule has 0 aromatic heterocycles. The number of ether oxygens (including phenoxy) is 2. The summed E-state index contributed by atoms with van der Waals surface area (Å²) in [4.78, 5) is 31.4. The van der Waals surface area contributed by atoms with Gasteiger partial charge in [0.25, 0.3) is 5.91 Å². The molecule has 0 bridgehead atoms. The van der Waals surface area contributed by atoms with Crippen molar-refractivity contribution in [1.82, 2.24) is 4.90 Å². The number of methoxy groups -OCH3 is 1. The number of esters is 1. The molecule has 0 radical (unpaired) electrons. The Morgan fingerprint density at radius 1 is 1.20 bits per heavy atom. The molecule has 30 heavy (non-hydrogen) atoms. The summed E-state index contributed by atoms with van der Waals surface area (Å²) in [5.41, 5.74) is 1.88. The lowest BCUT2D eigenvalue weighted by atomic mass is 10.2. The van der Waals surface area contributed by atoms with E-state index in [-0.39, 0.29) is 12.0 Å². The molecule has 0 spiro atoms. The first-order valence-corrected chi connectivity index (χ1v) is 10.5. The van der Waals surface area contributed by atoms with Crippen LogP contribution < -0.4 is 4.74 Å². The molecule has 1 amide bonds. The minimum atomic E-state index is -0.427. The van der Waals surface area contributed by atoms with Gasteiger partial charge in [0.05, 0.1) is 29.4 Å². The number of rotatable bonds is 6. The van der Waals surface area contributed by atoms with Crippen LogP contribution in [-0.4, -0.2) is 41.7 Å². The summed E-state index contributed by atoms with van der Waals surface area (Å²) in [6.45, 7) is 6.34. The zero-order valence-electron chi connectivity index (χ0n) is 17.4. The van der Waals surface area contributed by atoms with Gasteiger partial charge in [-0.05, 0) is 74.5 Å². The molecule has 0 N–H and O–H groups in total. The molecule has 2 aromatic rings. The molecule has 2 aromatic carbocycles. The molecule has 1 aliphatic heterocycles. The van der Waals surface area contributed by atoms with Crippen molar-refractivity contribution in [3.63, 3.8) is 0 Å². The molecular weight excluding hydrogens is 400 g/mol. The van der Waals surface area contributed by atoms with E-state index in [2.05, 4.69) is 4.99 Å². The van der Waals surface area contributed by atoms with Gasteiger partial charge in [-0.1, -0.05) is 18.2 Å². The summed E-state index contributed by atoms with van der Waals surface area (Å²) in [6.07, 6.45) is 1.92. The van der Waals surface area contributed by atoms with Gasteiger partial charge in [0.1, 0.15) is 5.75 Å². The Kier molecular flexibility index (Phi) is 6.95. The second-order valence-corrected chi connectivity index (χ2v) is 7.84. The minimum absolute atomic E-state index is 0.0745. The number of benzene rings is 2. The summed E-state index contributed by atoms with van der Waals surface area (Å²) in [5, 5.41) is 0.574. The number of aliphatic imine (C=N–C) groups is 1. The van der Waals surface area contributed by atoms with E-state index in [4.69, 9.17) is 9.47 Å². The average molecular weight is 425 g/mol. The van der Waals surface area contributed by atoms with Crippen LogP contribution >= 0.6 is 11.8 Å². The third-order valence-electron chi connectivity index (χ3n) is 4.22. The average Bonchev–Trinajstić information content (AvgIpc) is 3.01. The molecule has 1 saturated heterocycles. The number of nitrogens with zero attached hydrogens (tertiary/aromatic N) is 2. The van der Waals surface area contributed by atoms with E-state index in [0.717, 1.165) is 11.3 Å². The zero-order chi connectivity index (χ0) is 21.7. The molecule has 0 saturated carbocycles. The fourth-order valence-corrected chi connectivity index (χ4v) is 3.96. The van der Waals surface area contributed by atoms with E-state index in [0.29, 0.717) is 27.9 Å². The Morgan fingerprint density at radius 2 is 1.97 bits per heavy atom. The third-order valence-corrected chi connectivity index (χ3v) is 5.23. The predicted molar refractivity (Wildman–Crippen MR) is 120 cm³/mol. The van der Waals surface area contributed by atoms with E-state index < -0.39 is 5.97 Å². The number of hydrogen-bond donors (Lipinski definition) is 0. The van der Waals surface area contributed by atoms with Crippen LogP contribution in [0.1, 0.15) is 36.7 Å². The van der Waals surface area contributed by atoms with Gasteiger partial charge in [0.2, 0.25) is 0 Å². The maximum absolute atomic E-state index is 12.9. The Bertz CT molecular complexity index is 1010. The van der Waals surface area contributed by atoms with Gasteiger partial charge in [-0.15, -0.1) is 0 Å². The molecule has 0 unspecified atom stereocenters. The SMILES string of the molecule is CCN1C(=O)C(=Cc2cccc(OC(C)C)c2)SC1=Nc1cccc(C(=O)OC)c1. The summed E-state index contributed by atoms with van der Waals surface area (Å²) in [6, 6.07) is 14.5. The van der Waals surface area contributed by atoms with Gasteiger partial charge in [0, 0.05) is 6.54 Å². The van der Waals surface area contributed by atoms with Crippen LogP contribution in [-0.2, 0) is 9.53 Å². The number of carbonyl (C=O) groups is 2. The van der Waals surface area contributed by atoms with E-state index in [9.17, 15) is 9.59 Å². The highest BCUT2D eigenvalue weighted by atomic mass is 32.2. The molecule has 7 heteroatoms. The van der Waals surface area contributed by atoms with Gasteiger partial charge in [-0.3, -0.25) is 9.69 Å². The first-order chi connectivity index (χ1) is 14.4. The Labute approximate surface area is 180 Å². The molecule has 156 valence electrons. The number of hydrogen-bond acceptors (Lipinski definition) is 6. The van der Waals surface area contributed by atoms with E-state index in [1.807, 2.05) is 51.1 Å². The van der Waals surface area contributed by atoms with Gasteiger partial charge < -0.3 is 9.47 Å². The molecule has 1 heterocycles. The predicted octanol–water partition coefficient (Wildman–Crippen LogP) is 4.88. The van der Waals surface area contributed by atoms with Crippen molar-refractivity contribution in [2.75, 3.05) is 13.7 Å². The first-order valence-electron chi connectivity index (χ1n) is 9.66. The molecule has 1 aliphatic rings. The van der Waals surface area contributed by atoms with Crippen LogP contribution in [0.3, 0.4) is 0 Å². The molecule has 0 atom stereocenters. The second kappa shape index (κ2) is 9.63. The van der Waals surface area contributed by atoms with Crippen molar-refractivity contribution in [2.24, 2.45) is 4.99 Å². The Hall–Kier alpha value is -3.06. The lowest BCUT2D eigenvalue weighted by molar-refractivity contribution is -0.122. The van der Waals surface area contributed by atoms with E-state index in [1.54, 1.807) is 29.2 Å². The molecular formula is C23H24N2O4S. The number of amides is 1. The monoisotopic (exact) mass is 424 g/mol. The normalized spacial score (nSPS) is 16.6. The van der Waals surface area contributed by atoms with Crippen LogP contribution in [0.5, 0.6) is 5.75 Å². The van der Waals surface area contributed by atoms with Gasteiger partial charge >= 0.3 is 5.97 Å². The van der Waals surface area contributed by atoms with Gasteiger partial charge in [0.15, 0.2) is 5.17 Å². The number of likely N-dealkylation sites (N-methyl/N-ethyl adjacent to an activating group) is 1. The van der Waals surface area contributed by atoms with Crippen molar-refractivity contribution in [3.8, 4) is 5.75 Å². The lowest BCUT2D eigenvalue weighted by Gasteiger charge is -2.12. The minimum Gasteiger partial charge on any atom is -0.491 e. The smallest absolute Gasteiger partial charge is 0.337 e.